The third kappa shape index (κ3) is 3.20. The highest BCUT2D eigenvalue weighted by molar-refractivity contribution is 5.94. The van der Waals surface area contributed by atoms with E-state index in [0.717, 1.165) is 0 Å². The molecule has 0 amide bonds. The fourth-order valence-electron chi connectivity index (χ4n) is 0.992. The first-order valence-electron chi connectivity index (χ1n) is 4.83. The van der Waals surface area contributed by atoms with Crippen molar-refractivity contribution >= 4 is 11.8 Å². The van der Waals surface area contributed by atoms with Crippen LogP contribution >= 0.6 is 0 Å². The molecule has 0 fully saturated rings. The van der Waals surface area contributed by atoms with Crippen LogP contribution in [0.1, 0.15) is 31.1 Å². The molecule has 0 unspecified atom stereocenters. The van der Waals surface area contributed by atoms with Gasteiger partial charge in [0.2, 0.25) is 0 Å². The Morgan fingerprint density at radius 2 is 1.67 bits per heavy atom. The van der Waals surface area contributed by atoms with Gasteiger partial charge in [0.25, 0.3) is 0 Å². The Morgan fingerprint density at radius 3 is 2.07 bits per heavy atom. The van der Waals surface area contributed by atoms with Gasteiger partial charge >= 0.3 is 5.97 Å². The lowest BCUT2D eigenvalue weighted by molar-refractivity contribution is -0.137. The van der Waals surface area contributed by atoms with Crippen LogP contribution in [0, 0.1) is 5.92 Å². The fourth-order valence-corrected chi connectivity index (χ4v) is 0.992. The van der Waals surface area contributed by atoms with Gasteiger partial charge in [0.05, 0.1) is 5.92 Å². The number of ether oxygens (including phenoxy) is 1. The van der Waals surface area contributed by atoms with E-state index in [4.69, 9.17) is 4.74 Å². The Hall–Kier alpha value is -1.64. The molecule has 3 heteroatoms. The first-order chi connectivity index (χ1) is 7.00. The number of ketones is 1. The molecular formula is C12H14O3. The Kier molecular flexibility index (Phi) is 3.61. The topological polar surface area (TPSA) is 43.4 Å². The normalized spacial score (nSPS) is 10.1. The highest BCUT2D eigenvalue weighted by Gasteiger charge is 2.09. The van der Waals surface area contributed by atoms with Gasteiger partial charge in [-0.15, -0.1) is 0 Å². The van der Waals surface area contributed by atoms with Crippen molar-refractivity contribution in [3.05, 3.63) is 29.8 Å². The minimum atomic E-state index is -0.273. The van der Waals surface area contributed by atoms with E-state index >= 15 is 0 Å². The van der Waals surface area contributed by atoms with Crippen LogP contribution in [0.5, 0.6) is 5.75 Å². The Morgan fingerprint density at radius 1 is 1.13 bits per heavy atom. The second-order valence-electron chi connectivity index (χ2n) is 3.66. The minimum Gasteiger partial charge on any atom is -0.426 e. The lowest BCUT2D eigenvalue weighted by atomic mass is 10.1. The molecule has 0 radical (unpaired) electrons. The third-order valence-corrected chi connectivity index (χ3v) is 1.95. The van der Waals surface area contributed by atoms with E-state index in [1.165, 1.54) is 6.92 Å². The molecular weight excluding hydrogens is 192 g/mol. The highest BCUT2D eigenvalue weighted by Crippen LogP contribution is 2.14. The maximum absolute atomic E-state index is 11.2. The molecule has 3 nitrogen and oxygen atoms in total. The summed E-state index contributed by atoms with van der Waals surface area (Å²) in [7, 11) is 0. The maximum Gasteiger partial charge on any atom is 0.313 e. The second-order valence-corrected chi connectivity index (χ2v) is 3.66. The van der Waals surface area contributed by atoms with Crippen molar-refractivity contribution in [1.29, 1.82) is 0 Å². The van der Waals surface area contributed by atoms with Crippen molar-refractivity contribution in [2.45, 2.75) is 20.8 Å². The molecule has 1 rings (SSSR count). The summed E-state index contributed by atoms with van der Waals surface area (Å²) >= 11 is 0. The van der Waals surface area contributed by atoms with Gasteiger partial charge in [-0.3, -0.25) is 9.59 Å². The summed E-state index contributed by atoms with van der Waals surface area (Å²) in [5, 5.41) is 0. The first kappa shape index (κ1) is 11.4. The van der Waals surface area contributed by atoms with Gasteiger partial charge in [0, 0.05) is 5.56 Å². The second kappa shape index (κ2) is 4.73. The monoisotopic (exact) mass is 206 g/mol. The SMILES string of the molecule is CC(=O)c1ccc(OC(=O)C(C)C)cc1. The number of benzene rings is 1. The zero-order valence-electron chi connectivity index (χ0n) is 9.11. The van der Waals surface area contributed by atoms with E-state index in [0.29, 0.717) is 11.3 Å². The van der Waals surface area contributed by atoms with Crippen LogP contribution in [0.2, 0.25) is 0 Å². The van der Waals surface area contributed by atoms with Gasteiger partial charge in [0.15, 0.2) is 5.78 Å². The Bertz CT molecular complexity index is 363. The van der Waals surface area contributed by atoms with Crippen molar-refractivity contribution in [1.82, 2.24) is 0 Å². The molecule has 0 aliphatic heterocycles. The van der Waals surface area contributed by atoms with Gasteiger partial charge in [-0.25, -0.2) is 0 Å². The lowest BCUT2D eigenvalue weighted by Gasteiger charge is -2.06. The van der Waals surface area contributed by atoms with Crippen LogP contribution in [0.3, 0.4) is 0 Å². The average Bonchev–Trinajstić information content (AvgIpc) is 2.18. The minimum absolute atomic E-state index is 0.00302. The summed E-state index contributed by atoms with van der Waals surface area (Å²) in [5.41, 5.74) is 0.611. The van der Waals surface area contributed by atoms with Crippen LogP contribution < -0.4 is 4.74 Å². The van der Waals surface area contributed by atoms with E-state index in [1.807, 2.05) is 0 Å². The lowest BCUT2D eigenvalue weighted by Crippen LogP contribution is -2.14. The summed E-state index contributed by atoms with van der Waals surface area (Å²) in [6.45, 7) is 5.04. The molecule has 0 aliphatic rings. The number of carbonyl (C=O) groups is 2. The molecule has 0 atom stereocenters. The molecule has 1 aromatic carbocycles. The van der Waals surface area contributed by atoms with E-state index in [2.05, 4.69) is 0 Å². The van der Waals surface area contributed by atoms with Gasteiger partial charge in [-0.05, 0) is 31.2 Å². The molecule has 15 heavy (non-hydrogen) atoms. The molecule has 0 aromatic heterocycles. The molecule has 0 N–H and O–H groups in total. The van der Waals surface area contributed by atoms with Gasteiger partial charge in [-0.2, -0.15) is 0 Å². The summed E-state index contributed by atoms with van der Waals surface area (Å²) in [5.74, 6) is 0.0403. The zero-order chi connectivity index (χ0) is 11.4. The number of Topliss-reactive ketones (excluding diaryl/α,β-unsaturated/α-hetero) is 1. The van der Waals surface area contributed by atoms with E-state index in [1.54, 1.807) is 38.1 Å². The molecule has 0 aliphatic carbocycles. The number of rotatable bonds is 3. The van der Waals surface area contributed by atoms with Gasteiger partial charge in [0.1, 0.15) is 5.75 Å². The molecule has 0 saturated heterocycles. The van der Waals surface area contributed by atoms with Gasteiger partial charge < -0.3 is 4.74 Å². The molecule has 0 heterocycles. The molecule has 0 bridgehead atoms. The number of hydrogen-bond donors (Lipinski definition) is 0. The quantitative estimate of drug-likeness (QED) is 0.433. The van der Waals surface area contributed by atoms with Crippen molar-refractivity contribution in [2.75, 3.05) is 0 Å². The maximum atomic E-state index is 11.2. The average molecular weight is 206 g/mol. The van der Waals surface area contributed by atoms with Crippen molar-refractivity contribution in [2.24, 2.45) is 5.92 Å². The number of hydrogen-bond acceptors (Lipinski definition) is 3. The number of carbonyl (C=O) groups excluding carboxylic acids is 2. The predicted molar refractivity (Wildman–Crippen MR) is 56.9 cm³/mol. The molecule has 0 saturated carbocycles. The Labute approximate surface area is 89.1 Å². The van der Waals surface area contributed by atoms with E-state index in [9.17, 15) is 9.59 Å². The molecule has 1 aromatic rings. The van der Waals surface area contributed by atoms with Crippen LogP contribution in [0.4, 0.5) is 0 Å². The van der Waals surface area contributed by atoms with E-state index in [-0.39, 0.29) is 17.7 Å². The van der Waals surface area contributed by atoms with Crippen molar-refractivity contribution < 1.29 is 14.3 Å². The zero-order valence-corrected chi connectivity index (χ0v) is 9.11. The molecule has 80 valence electrons. The summed E-state index contributed by atoms with van der Waals surface area (Å²) in [4.78, 5) is 22.2. The van der Waals surface area contributed by atoms with Crippen molar-refractivity contribution in [3.8, 4) is 5.75 Å². The van der Waals surface area contributed by atoms with Crippen LogP contribution in [-0.2, 0) is 4.79 Å². The highest BCUT2D eigenvalue weighted by atomic mass is 16.5. The predicted octanol–water partition coefficient (Wildman–Crippen LogP) is 2.45. The van der Waals surface area contributed by atoms with Crippen LogP contribution in [0.25, 0.3) is 0 Å². The van der Waals surface area contributed by atoms with E-state index < -0.39 is 0 Å². The Balaban J connectivity index is 2.73. The largest absolute Gasteiger partial charge is 0.426 e. The van der Waals surface area contributed by atoms with Crippen LogP contribution in [0.15, 0.2) is 24.3 Å². The number of esters is 1. The fraction of sp³-hybridized carbons (Fsp3) is 0.333. The first-order valence-corrected chi connectivity index (χ1v) is 4.83. The molecule has 0 spiro atoms. The summed E-state index contributed by atoms with van der Waals surface area (Å²) in [6, 6.07) is 6.53. The summed E-state index contributed by atoms with van der Waals surface area (Å²) < 4.78 is 5.06. The third-order valence-electron chi connectivity index (χ3n) is 1.95. The van der Waals surface area contributed by atoms with Crippen molar-refractivity contribution in [3.63, 3.8) is 0 Å². The standard InChI is InChI=1S/C12H14O3/c1-8(2)12(14)15-11-6-4-10(5-7-11)9(3)13/h4-8H,1-3H3. The van der Waals surface area contributed by atoms with Gasteiger partial charge in [-0.1, -0.05) is 13.8 Å². The van der Waals surface area contributed by atoms with Crippen LogP contribution in [-0.4, -0.2) is 11.8 Å². The summed E-state index contributed by atoms with van der Waals surface area (Å²) in [6.07, 6.45) is 0. The smallest absolute Gasteiger partial charge is 0.313 e.